The molecule has 0 spiro atoms. The molecule has 1 aliphatic heterocycles. The van der Waals surface area contributed by atoms with Crippen LogP contribution in [0.4, 0.5) is 14.5 Å². The highest BCUT2D eigenvalue weighted by Gasteiger charge is 2.32. The van der Waals surface area contributed by atoms with E-state index in [1.807, 2.05) is 0 Å². The number of carbonyl (C=O) groups is 1. The molecule has 5 rings (SSSR count). The van der Waals surface area contributed by atoms with Crippen molar-refractivity contribution >= 4 is 32.5 Å². The third kappa shape index (κ3) is 4.05. The summed E-state index contributed by atoms with van der Waals surface area (Å²) in [6.45, 7) is 1.71. The number of anilines is 1. The number of aryl methyl sites for hydroxylation is 1. The van der Waals surface area contributed by atoms with E-state index in [-0.39, 0.29) is 22.8 Å². The Kier molecular flexibility index (Phi) is 5.40. The number of nitrogens with one attached hydrogen (secondary N) is 1. The highest BCUT2D eigenvalue weighted by atomic mass is 32.2. The van der Waals surface area contributed by atoms with Crippen molar-refractivity contribution in [3.8, 4) is 11.3 Å². The van der Waals surface area contributed by atoms with Crippen molar-refractivity contribution in [1.29, 1.82) is 0 Å². The van der Waals surface area contributed by atoms with Crippen molar-refractivity contribution in [2.75, 3.05) is 16.8 Å². The van der Waals surface area contributed by atoms with E-state index in [4.69, 9.17) is 0 Å². The Labute approximate surface area is 194 Å². The zero-order chi connectivity index (χ0) is 24.0. The molecule has 1 saturated heterocycles. The summed E-state index contributed by atoms with van der Waals surface area (Å²) in [5, 5.41) is 7.57. The summed E-state index contributed by atoms with van der Waals surface area (Å²) in [7, 11) is -3.19. The minimum absolute atomic E-state index is 0.0210. The number of hydrogen-bond donors (Lipinski definition) is 1. The van der Waals surface area contributed by atoms with Gasteiger partial charge in [-0.15, -0.1) is 0 Å². The average Bonchev–Trinajstić information content (AvgIpc) is 3.34. The standard InChI is InChI=1S/C24H20F2N4O3S/c1-14-22-18(24(31)28-20-5-3-2-4-19(20)26)12-21(15-6-8-16(25)9-7-15)27-23(22)30(29-14)17-10-11-34(32,33)13-17/h2-9,12,17H,10-11,13H2,1H3,(H,28,31)/t17-/m0/s1. The first kappa shape index (κ1) is 22.1. The smallest absolute Gasteiger partial charge is 0.256 e. The molecule has 0 bridgehead atoms. The van der Waals surface area contributed by atoms with E-state index in [2.05, 4.69) is 15.4 Å². The van der Waals surface area contributed by atoms with Gasteiger partial charge in [0.2, 0.25) is 0 Å². The first-order chi connectivity index (χ1) is 16.2. The number of carbonyl (C=O) groups excluding carboxylic acids is 1. The second-order valence-corrected chi connectivity index (χ2v) is 10.5. The maximum atomic E-state index is 14.2. The fourth-order valence-electron chi connectivity index (χ4n) is 4.24. The number of hydrogen-bond acceptors (Lipinski definition) is 5. The number of nitrogens with zero attached hydrogens (tertiary/aromatic N) is 3. The molecule has 34 heavy (non-hydrogen) atoms. The quantitative estimate of drug-likeness (QED) is 0.468. The van der Waals surface area contributed by atoms with Gasteiger partial charge in [-0.3, -0.25) is 4.79 Å². The molecule has 0 aliphatic carbocycles. The van der Waals surface area contributed by atoms with Crippen LogP contribution in [0.25, 0.3) is 22.3 Å². The molecule has 2 aromatic heterocycles. The largest absolute Gasteiger partial charge is 0.319 e. The van der Waals surface area contributed by atoms with Gasteiger partial charge in [0.25, 0.3) is 5.91 Å². The second-order valence-electron chi connectivity index (χ2n) is 8.28. The van der Waals surface area contributed by atoms with Crippen molar-refractivity contribution < 1.29 is 22.0 Å². The van der Waals surface area contributed by atoms with Crippen LogP contribution in [0.1, 0.15) is 28.5 Å². The van der Waals surface area contributed by atoms with E-state index in [1.54, 1.807) is 23.7 Å². The maximum Gasteiger partial charge on any atom is 0.256 e. The van der Waals surface area contributed by atoms with Gasteiger partial charge in [0.15, 0.2) is 15.5 Å². The summed E-state index contributed by atoms with van der Waals surface area (Å²) < 4.78 is 53.4. The van der Waals surface area contributed by atoms with Gasteiger partial charge in [0.05, 0.1) is 45.6 Å². The summed E-state index contributed by atoms with van der Waals surface area (Å²) >= 11 is 0. The van der Waals surface area contributed by atoms with Crippen molar-refractivity contribution in [3.63, 3.8) is 0 Å². The second kappa shape index (κ2) is 8.28. The van der Waals surface area contributed by atoms with E-state index in [1.165, 1.54) is 42.5 Å². The van der Waals surface area contributed by atoms with Crippen molar-refractivity contribution in [2.24, 2.45) is 0 Å². The van der Waals surface area contributed by atoms with Crippen LogP contribution < -0.4 is 5.32 Å². The van der Waals surface area contributed by atoms with Crippen LogP contribution in [0.2, 0.25) is 0 Å². The third-order valence-electron chi connectivity index (χ3n) is 5.90. The fraction of sp³-hybridized carbons (Fsp3) is 0.208. The van der Waals surface area contributed by atoms with E-state index in [9.17, 15) is 22.0 Å². The summed E-state index contributed by atoms with van der Waals surface area (Å²) in [5.74, 6) is -1.58. The molecular formula is C24H20F2N4O3S. The van der Waals surface area contributed by atoms with Gasteiger partial charge >= 0.3 is 0 Å². The number of amides is 1. The molecule has 0 radical (unpaired) electrons. The predicted molar refractivity (Wildman–Crippen MR) is 124 cm³/mol. The van der Waals surface area contributed by atoms with Gasteiger partial charge in [-0.1, -0.05) is 12.1 Å². The fourth-order valence-corrected chi connectivity index (χ4v) is 5.93. The number of benzene rings is 2. The molecular weight excluding hydrogens is 462 g/mol. The van der Waals surface area contributed by atoms with Gasteiger partial charge in [-0.05, 0) is 55.8 Å². The lowest BCUT2D eigenvalue weighted by molar-refractivity contribution is 0.102. The molecule has 174 valence electrons. The number of para-hydroxylation sites is 1. The zero-order valence-corrected chi connectivity index (χ0v) is 18.9. The van der Waals surface area contributed by atoms with Crippen LogP contribution in [-0.4, -0.2) is 40.6 Å². The highest BCUT2D eigenvalue weighted by Crippen LogP contribution is 2.32. The molecule has 1 amide bonds. The Morgan fingerprint density at radius 3 is 2.53 bits per heavy atom. The number of aromatic nitrogens is 3. The SMILES string of the molecule is Cc1nn([C@H]2CCS(=O)(=O)C2)c2nc(-c3ccc(F)cc3)cc(C(=O)Nc3ccccc3F)c12. The normalized spacial score (nSPS) is 17.2. The summed E-state index contributed by atoms with van der Waals surface area (Å²) in [6.07, 6.45) is 0.387. The van der Waals surface area contributed by atoms with Crippen molar-refractivity contribution in [3.05, 3.63) is 77.5 Å². The van der Waals surface area contributed by atoms with Crippen LogP contribution in [-0.2, 0) is 9.84 Å². The van der Waals surface area contributed by atoms with Crippen LogP contribution in [0.5, 0.6) is 0 Å². The van der Waals surface area contributed by atoms with E-state index < -0.39 is 33.4 Å². The lowest BCUT2D eigenvalue weighted by atomic mass is 10.0. The van der Waals surface area contributed by atoms with Crippen LogP contribution >= 0.6 is 0 Å². The molecule has 1 aliphatic rings. The maximum absolute atomic E-state index is 14.2. The molecule has 3 heterocycles. The number of fused-ring (bicyclic) bond motifs is 1. The average molecular weight is 483 g/mol. The van der Waals surface area contributed by atoms with E-state index in [0.29, 0.717) is 34.4 Å². The van der Waals surface area contributed by atoms with Gasteiger partial charge < -0.3 is 5.32 Å². The summed E-state index contributed by atoms with van der Waals surface area (Å²) in [4.78, 5) is 18.0. The van der Waals surface area contributed by atoms with Crippen LogP contribution in [0.15, 0.2) is 54.6 Å². The predicted octanol–water partition coefficient (Wildman–Crippen LogP) is 4.30. The Hall–Kier alpha value is -3.66. The topological polar surface area (TPSA) is 93.9 Å². The van der Waals surface area contributed by atoms with Crippen LogP contribution in [0.3, 0.4) is 0 Å². The lowest BCUT2D eigenvalue weighted by Crippen LogP contribution is -2.15. The molecule has 0 unspecified atom stereocenters. The number of pyridine rings is 1. The number of halogens is 2. The van der Waals surface area contributed by atoms with Gasteiger partial charge in [0.1, 0.15) is 11.6 Å². The Morgan fingerprint density at radius 1 is 1.12 bits per heavy atom. The van der Waals surface area contributed by atoms with E-state index in [0.717, 1.165) is 0 Å². The minimum atomic E-state index is -3.19. The molecule has 4 aromatic rings. The van der Waals surface area contributed by atoms with Gasteiger partial charge in [-0.2, -0.15) is 5.10 Å². The third-order valence-corrected chi connectivity index (χ3v) is 7.65. The Bertz CT molecular complexity index is 1530. The van der Waals surface area contributed by atoms with Crippen molar-refractivity contribution in [2.45, 2.75) is 19.4 Å². The zero-order valence-electron chi connectivity index (χ0n) is 18.1. The molecule has 10 heteroatoms. The first-order valence-electron chi connectivity index (χ1n) is 10.6. The lowest BCUT2D eigenvalue weighted by Gasteiger charge is -2.12. The van der Waals surface area contributed by atoms with Gasteiger partial charge in [0, 0.05) is 5.56 Å². The Balaban J connectivity index is 1.69. The minimum Gasteiger partial charge on any atom is -0.319 e. The van der Waals surface area contributed by atoms with E-state index >= 15 is 0 Å². The number of rotatable bonds is 4. The molecule has 1 atom stereocenters. The molecule has 0 saturated carbocycles. The Morgan fingerprint density at radius 2 is 1.85 bits per heavy atom. The summed E-state index contributed by atoms with van der Waals surface area (Å²) in [5.41, 5.74) is 2.02. The molecule has 1 fully saturated rings. The van der Waals surface area contributed by atoms with Gasteiger partial charge in [-0.25, -0.2) is 26.9 Å². The molecule has 1 N–H and O–H groups in total. The monoisotopic (exact) mass is 482 g/mol. The summed E-state index contributed by atoms with van der Waals surface area (Å²) in [6, 6.07) is 12.6. The molecule has 7 nitrogen and oxygen atoms in total. The molecule has 2 aromatic carbocycles. The highest BCUT2D eigenvalue weighted by molar-refractivity contribution is 7.91. The first-order valence-corrected chi connectivity index (χ1v) is 12.5. The number of sulfone groups is 1. The van der Waals surface area contributed by atoms with Crippen LogP contribution in [0, 0.1) is 18.6 Å². The van der Waals surface area contributed by atoms with Crippen molar-refractivity contribution in [1.82, 2.24) is 14.8 Å².